The van der Waals surface area contributed by atoms with Crippen LogP contribution in [0.5, 0.6) is 0 Å². The van der Waals surface area contributed by atoms with E-state index >= 15 is 0 Å². The Hall–Kier alpha value is -1.65. The fourth-order valence-electron chi connectivity index (χ4n) is 3.27. The van der Waals surface area contributed by atoms with Gasteiger partial charge < -0.3 is 15.4 Å². The van der Waals surface area contributed by atoms with Crippen LogP contribution in [-0.2, 0) is 26.6 Å². The van der Waals surface area contributed by atoms with E-state index in [1.54, 1.807) is 31.1 Å². The van der Waals surface area contributed by atoms with Gasteiger partial charge in [-0.1, -0.05) is 0 Å². The number of ether oxygens (including phenoxy) is 1. The first-order valence-electron chi connectivity index (χ1n) is 8.91. The van der Waals surface area contributed by atoms with Gasteiger partial charge in [-0.25, -0.2) is 12.7 Å². The van der Waals surface area contributed by atoms with E-state index in [2.05, 4.69) is 15.7 Å². The number of aryl methyl sites for hydroxylation is 1. The fraction of sp³-hybridized carbons (Fsp3) is 0.750. The Morgan fingerprint density at radius 1 is 1.38 bits per heavy atom. The maximum Gasteiger partial charge on any atom is 0.245 e. The third-order valence-corrected chi connectivity index (χ3v) is 7.39. The number of piperidine rings is 1. The summed E-state index contributed by atoms with van der Waals surface area (Å²) in [7, 11) is 0.165. The van der Waals surface area contributed by atoms with E-state index in [1.165, 1.54) is 4.31 Å². The summed E-state index contributed by atoms with van der Waals surface area (Å²) in [6.45, 7) is 1.49. The zero-order valence-corrected chi connectivity index (χ0v) is 16.1. The molecule has 1 aromatic rings. The van der Waals surface area contributed by atoms with Gasteiger partial charge >= 0.3 is 0 Å². The number of rotatable bonds is 8. The Morgan fingerprint density at radius 2 is 2.08 bits per heavy atom. The van der Waals surface area contributed by atoms with Gasteiger partial charge in [0.25, 0.3) is 0 Å². The summed E-state index contributed by atoms with van der Waals surface area (Å²) < 4.78 is 33.1. The van der Waals surface area contributed by atoms with Crippen molar-refractivity contribution < 1.29 is 17.9 Å². The van der Waals surface area contributed by atoms with Crippen LogP contribution >= 0.6 is 0 Å². The molecule has 26 heavy (non-hydrogen) atoms. The molecule has 0 atom stereocenters. The van der Waals surface area contributed by atoms with Crippen LogP contribution in [0.15, 0.2) is 12.3 Å². The molecule has 2 fully saturated rings. The standard InChI is InChI=1S/C16H27N5O4S/c1-20-9-5-14(19-20)18-16(15(22)17-8-12-25-2)6-10-21(11-7-16)26(23,24)13-3-4-13/h5,9,13H,3-4,6-8,10-12H2,1-2H3,(H,17,22)(H,18,19). The Labute approximate surface area is 154 Å². The number of carbonyl (C=O) groups is 1. The summed E-state index contributed by atoms with van der Waals surface area (Å²) in [5, 5.41) is 10.2. The molecule has 1 saturated heterocycles. The van der Waals surface area contributed by atoms with Crippen molar-refractivity contribution in [1.82, 2.24) is 19.4 Å². The van der Waals surface area contributed by atoms with Crippen LogP contribution < -0.4 is 10.6 Å². The summed E-state index contributed by atoms with van der Waals surface area (Å²) in [6.07, 6.45) is 4.08. The highest BCUT2D eigenvalue weighted by atomic mass is 32.2. The molecular formula is C16H27N5O4S. The maximum atomic E-state index is 12.9. The number of carbonyl (C=O) groups excluding carboxylic acids is 1. The van der Waals surface area contributed by atoms with Crippen LogP contribution in [0.2, 0.25) is 0 Å². The molecular weight excluding hydrogens is 358 g/mol. The van der Waals surface area contributed by atoms with Gasteiger partial charge in [0, 0.05) is 46.1 Å². The van der Waals surface area contributed by atoms with Gasteiger partial charge in [0.05, 0.1) is 11.9 Å². The van der Waals surface area contributed by atoms with Crippen molar-refractivity contribution in [1.29, 1.82) is 0 Å². The number of nitrogens with zero attached hydrogens (tertiary/aromatic N) is 3. The third-order valence-electron chi connectivity index (χ3n) is 4.99. The molecule has 0 unspecified atom stereocenters. The number of aromatic nitrogens is 2. The Balaban J connectivity index is 1.72. The van der Waals surface area contributed by atoms with Crippen molar-refractivity contribution in [3.05, 3.63) is 12.3 Å². The molecule has 9 nitrogen and oxygen atoms in total. The van der Waals surface area contributed by atoms with Crippen LogP contribution in [0.3, 0.4) is 0 Å². The smallest absolute Gasteiger partial charge is 0.245 e. The minimum atomic E-state index is -3.22. The Morgan fingerprint density at radius 3 is 2.62 bits per heavy atom. The van der Waals surface area contributed by atoms with Crippen LogP contribution in [0.25, 0.3) is 0 Å². The molecule has 2 heterocycles. The average molecular weight is 385 g/mol. The van der Waals surface area contributed by atoms with Crippen LogP contribution in [0.1, 0.15) is 25.7 Å². The molecule has 2 N–H and O–H groups in total. The monoisotopic (exact) mass is 385 g/mol. The molecule has 1 amide bonds. The topological polar surface area (TPSA) is 106 Å². The van der Waals surface area contributed by atoms with Crippen LogP contribution in [0, 0.1) is 0 Å². The number of anilines is 1. The second kappa shape index (κ2) is 7.53. The van der Waals surface area contributed by atoms with E-state index in [9.17, 15) is 13.2 Å². The normalized spacial score (nSPS) is 20.7. The number of hydrogen-bond acceptors (Lipinski definition) is 6. The molecule has 1 aromatic heterocycles. The molecule has 1 aliphatic heterocycles. The van der Waals surface area contributed by atoms with Gasteiger partial charge in [-0.05, 0) is 25.7 Å². The molecule has 3 rings (SSSR count). The van der Waals surface area contributed by atoms with E-state index in [-0.39, 0.29) is 11.2 Å². The highest BCUT2D eigenvalue weighted by Crippen LogP contribution is 2.35. The molecule has 0 spiro atoms. The van der Waals surface area contributed by atoms with E-state index < -0.39 is 15.6 Å². The van der Waals surface area contributed by atoms with Crippen LogP contribution in [-0.4, -0.2) is 72.6 Å². The molecule has 1 saturated carbocycles. The van der Waals surface area contributed by atoms with Crippen molar-refractivity contribution in [2.75, 3.05) is 38.7 Å². The highest BCUT2D eigenvalue weighted by Gasteiger charge is 2.47. The number of amides is 1. The van der Waals surface area contributed by atoms with E-state index in [4.69, 9.17) is 4.74 Å². The second-order valence-corrected chi connectivity index (χ2v) is 9.19. The van der Waals surface area contributed by atoms with Crippen molar-refractivity contribution in [3.63, 3.8) is 0 Å². The fourth-order valence-corrected chi connectivity index (χ4v) is 5.12. The molecule has 146 valence electrons. The molecule has 0 bridgehead atoms. The number of sulfonamides is 1. The lowest BCUT2D eigenvalue weighted by atomic mass is 9.87. The van der Waals surface area contributed by atoms with Crippen molar-refractivity contribution in [3.8, 4) is 0 Å². The molecule has 2 aliphatic rings. The largest absolute Gasteiger partial charge is 0.383 e. The molecule has 10 heteroatoms. The third kappa shape index (κ3) is 4.02. The first-order valence-corrected chi connectivity index (χ1v) is 10.4. The quantitative estimate of drug-likeness (QED) is 0.607. The van der Waals surface area contributed by atoms with Crippen molar-refractivity contribution in [2.45, 2.75) is 36.5 Å². The first-order chi connectivity index (χ1) is 12.4. The first kappa shape index (κ1) is 19.1. The van der Waals surface area contributed by atoms with Gasteiger partial charge in [-0.3, -0.25) is 9.48 Å². The average Bonchev–Trinajstić information content (AvgIpc) is 3.40. The Bertz CT molecular complexity index is 736. The van der Waals surface area contributed by atoms with Crippen LogP contribution in [0.4, 0.5) is 5.82 Å². The summed E-state index contributed by atoms with van der Waals surface area (Å²) in [5.74, 6) is 0.455. The van der Waals surface area contributed by atoms with Crippen molar-refractivity contribution in [2.24, 2.45) is 7.05 Å². The lowest BCUT2D eigenvalue weighted by Crippen LogP contribution is -2.59. The maximum absolute atomic E-state index is 12.9. The molecule has 0 radical (unpaired) electrons. The minimum absolute atomic E-state index is 0.149. The highest BCUT2D eigenvalue weighted by molar-refractivity contribution is 7.90. The number of methoxy groups -OCH3 is 1. The van der Waals surface area contributed by atoms with E-state index in [0.717, 1.165) is 12.8 Å². The van der Waals surface area contributed by atoms with E-state index in [1.807, 2.05) is 0 Å². The van der Waals surface area contributed by atoms with Gasteiger partial charge in [-0.15, -0.1) is 0 Å². The molecule has 1 aliphatic carbocycles. The van der Waals surface area contributed by atoms with Gasteiger partial charge in [0.15, 0.2) is 0 Å². The SMILES string of the molecule is COCCNC(=O)C1(Nc2ccn(C)n2)CCN(S(=O)(=O)C2CC2)CC1. The zero-order valence-electron chi connectivity index (χ0n) is 15.3. The summed E-state index contributed by atoms with van der Waals surface area (Å²) in [4.78, 5) is 12.9. The predicted octanol–water partition coefficient (Wildman–Crippen LogP) is -0.0786. The Kier molecular flexibility index (Phi) is 5.54. The number of nitrogens with one attached hydrogen (secondary N) is 2. The summed E-state index contributed by atoms with van der Waals surface area (Å²) in [5.41, 5.74) is -0.877. The van der Waals surface area contributed by atoms with Gasteiger partial charge in [0.2, 0.25) is 15.9 Å². The predicted molar refractivity (Wildman–Crippen MR) is 97.2 cm³/mol. The van der Waals surface area contributed by atoms with Crippen molar-refractivity contribution >= 4 is 21.7 Å². The number of hydrogen-bond donors (Lipinski definition) is 2. The lowest BCUT2D eigenvalue weighted by Gasteiger charge is -2.40. The van der Waals surface area contributed by atoms with E-state index in [0.29, 0.717) is 44.9 Å². The molecule has 0 aromatic carbocycles. The zero-order chi connectivity index (χ0) is 18.8. The van der Waals surface area contributed by atoms with Gasteiger partial charge in [-0.2, -0.15) is 5.10 Å². The van der Waals surface area contributed by atoms with Gasteiger partial charge in [0.1, 0.15) is 11.4 Å². The summed E-state index contributed by atoms with van der Waals surface area (Å²) >= 11 is 0. The summed E-state index contributed by atoms with van der Waals surface area (Å²) in [6, 6.07) is 1.80. The second-order valence-electron chi connectivity index (χ2n) is 6.97. The minimum Gasteiger partial charge on any atom is -0.383 e. The lowest BCUT2D eigenvalue weighted by molar-refractivity contribution is -0.126.